The average molecular weight is 891 g/mol. The molecule has 8 heteroatoms. The number of ether oxygens (including phenoxy) is 2. The van der Waals surface area contributed by atoms with Crippen LogP contribution in [0.3, 0.4) is 0 Å². The van der Waals surface area contributed by atoms with E-state index in [1.54, 1.807) is 0 Å². The van der Waals surface area contributed by atoms with Crippen molar-refractivity contribution in [1.82, 2.24) is 0 Å². The molecule has 0 saturated carbocycles. The summed E-state index contributed by atoms with van der Waals surface area (Å²) in [6.07, 6.45) is 11.3. The van der Waals surface area contributed by atoms with E-state index in [2.05, 4.69) is 48.5 Å². The lowest BCUT2D eigenvalue weighted by molar-refractivity contribution is 0.103. The molecule has 8 rings (SSSR count). The van der Waals surface area contributed by atoms with Crippen molar-refractivity contribution in [1.29, 1.82) is 0 Å². The Balaban J connectivity index is 0.697. The average Bonchev–Trinajstić information content (AvgIpc) is 4.17. The van der Waals surface area contributed by atoms with Crippen molar-refractivity contribution >= 4 is 56.9 Å². The van der Waals surface area contributed by atoms with Crippen LogP contribution >= 0.6 is 45.3 Å². The molecule has 0 radical (unpaired) electrons. The maximum Gasteiger partial charge on any atom is 0.193 e. The second kappa shape index (κ2) is 22.1. The normalized spacial score (nSPS) is 11.2. The second-order valence-corrected chi connectivity index (χ2v) is 19.8. The van der Waals surface area contributed by atoms with Gasteiger partial charge in [0.2, 0.25) is 0 Å². The van der Waals surface area contributed by atoms with E-state index >= 15 is 0 Å². The molecule has 0 bridgehead atoms. The maximum absolute atomic E-state index is 12.6. The summed E-state index contributed by atoms with van der Waals surface area (Å²) in [6.45, 7) is 1.38. The van der Waals surface area contributed by atoms with Gasteiger partial charge in [0.05, 0.1) is 13.2 Å². The lowest BCUT2D eigenvalue weighted by atomic mass is 10.0. The Morgan fingerprint density at radius 2 is 0.645 bits per heavy atom. The molecule has 0 unspecified atom stereocenters. The van der Waals surface area contributed by atoms with E-state index in [1.807, 2.05) is 155 Å². The zero-order chi connectivity index (χ0) is 42.4. The summed E-state index contributed by atoms with van der Waals surface area (Å²) in [5, 5.41) is 0. The van der Waals surface area contributed by atoms with Gasteiger partial charge in [0.25, 0.3) is 0 Å². The predicted octanol–water partition coefficient (Wildman–Crippen LogP) is 15.8. The molecule has 0 saturated heterocycles. The first-order chi connectivity index (χ1) is 30.6. The minimum Gasteiger partial charge on any atom is -0.494 e. The summed E-state index contributed by atoms with van der Waals surface area (Å²) in [5.74, 6) is 1.69. The van der Waals surface area contributed by atoms with Crippen LogP contribution in [-0.2, 0) is 12.8 Å². The first-order valence-corrected chi connectivity index (χ1v) is 24.9. The number of hydrogen-bond acceptors (Lipinski definition) is 8. The van der Waals surface area contributed by atoms with Crippen LogP contribution in [0.2, 0.25) is 0 Å². The molecular formula is C54H50O4S4. The number of unbranched alkanes of at least 4 members (excludes halogenated alkanes) is 6. The summed E-state index contributed by atoms with van der Waals surface area (Å²) in [7, 11) is 0. The van der Waals surface area contributed by atoms with E-state index in [4.69, 9.17) is 9.47 Å². The van der Waals surface area contributed by atoms with Crippen molar-refractivity contribution in [2.24, 2.45) is 0 Å². The molecule has 0 spiro atoms. The summed E-state index contributed by atoms with van der Waals surface area (Å²) >= 11 is 7.64. The van der Waals surface area contributed by atoms with Gasteiger partial charge >= 0.3 is 0 Å². The van der Waals surface area contributed by atoms with Crippen molar-refractivity contribution in [2.75, 3.05) is 13.2 Å². The minimum atomic E-state index is 0.0328. The van der Waals surface area contributed by atoms with Crippen molar-refractivity contribution in [3.05, 3.63) is 190 Å². The van der Waals surface area contributed by atoms with E-state index in [1.165, 1.54) is 64.7 Å². The highest BCUT2D eigenvalue weighted by atomic mass is 32.1. The van der Waals surface area contributed by atoms with Gasteiger partial charge in [0, 0.05) is 61.3 Å². The molecule has 0 N–H and O–H groups in total. The Bertz CT molecular complexity index is 2430. The number of ketones is 2. The van der Waals surface area contributed by atoms with E-state index in [0.29, 0.717) is 35.5 Å². The zero-order valence-corrected chi connectivity index (χ0v) is 38.0. The summed E-state index contributed by atoms with van der Waals surface area (Å²) in [6, 6.07) is 52.1. The number of thiophene rings is 4. The fourth-order valence-electron chi connectivity index (χ4n) is 7.30. The van der Waals surface area contributed by atoms with Crippen LogP contribution in [0.25, 0.3) is 29.3 Å². The monoisotopic (exact) mass is 890 g/mol. The number of rotatable bonds is 23. The van der Waals surface area contributed by atoms with Gasteiger partial charge in [-0.3, -0.25) is 9.59 Å². The van der Waals surface area contributed by atoms with Gasteiger partial charge in [-0.2, -0.15) is 0 Å². The van der Waals surface area contributed by atoms with Crippen LogP contribution in [0.5, 0.6) is 11.5 Å². The summed E-state index contributed by atoms with van der Waals surface area (Å²) in [5.41, 5.74) is 2.76. The highest BCUT2D eigenvalue weighted by molar-refractivity contribution is 7.28. The fraction of sp³-hybridized carbons (Fsp3) is 0.222. The van der Waals surface area contributed by atoms with Crippen LogP contribution in [0.15, 0.2) is 158 Å². The molecule has 4 aromatic carbocycles. The van der Waals surface area contributed by atoms with Crippen LogP contribution in [-0.4, -0.2) is 24.8 Å². The Kier molecular flexibility index (Phi) is 15.4. The van der Waals surface area contributed by atoms with Crippen LogP contribution in [0.1, 0.15) is 93.0 Å². The molecule has 4 heterocycles. The molecule has 4 aromatic heterocycles. The first kappa shape index (κ1) is 43.3. The highest BCUT2D eigenvalue weighted by Crippen LogP contribution is 2.43. The third kappa shape index (κ3) is 12.0. The number of carbonyl (C=O) groups excluding carboxylic acids is 2. The molecular weight excluding hydrogens is 841 g/mol. The van der Waals surface area contributed by atoms with E-state index in [-0.39, 0.29) is 11.6 Å². The summed E-state index contributed by atoms with van der Waals surface area (Å²) in [4.78, 5) is 36.3. The largest absolute Gasteiger partial charge is 0.494 e. The Morgan fingerprint density at radius 1 is 0.323 bits per heavy atom. The lowest BCUT2D eigenvalue weighted by Gasteiger charge is -2.07. The third-order valence-corrected chi connectivity index (χ3v) is 15.8. The smallest absolute Gasteiger partial charge is 0.193 e. The van der Waals surface area contributed by atoms with Crippen molar-refractivity contribution < 1.29 is 19.1 Å². The lowest BCUT2D eigenvalue weighted by Crippen LogP contribution is -2.01. The van der Waals surface area contributed by atoms with Crippen molar-refractivity contribution in [3.8, 4) is 40.8 Å². The van der Waals surface area contributed by atoms with Gasteiger partial charge < -0.3 is 9.47 Å². The fourth-order valence-corrected chi connectivity index (χ4v) is 11.7. The van der Waals surface area contributed by atoms with Gasteiger partial charge in [-0.1, -0.05) is 86.3 Å². The second-order valence-electron chi connectivity index (χ2n) is 15.3. The molecule has 0 aliphatic carbocycles. The minimum absolute atomic E-state index is 0.0328. The quantitative estimate of drug-likeness (QED) is 0.0474. The topological polar surface area (TPSA) is 52.6 Å². The Morgan fingerprint density at radius 3 is 1.03 bits per heavy atom. The first-order valence-electron chi connectivity index (χ1n) is 21.6. The molecule has 0 atom stereocenters. The molecule has 0 amide bonds. The number of carbonyl (C=O) groups is 2. The van der Waals surface area contributed by atoms with Gasteiger partial charge in [-0.05, 0) is 136 Å². The molecule has 0 fully saturated rings. The van der Waals surface area contributed by atoms with Gasteiger partial charge in [0.15, 0.2) is 11.6 Å². The number of hydrogen-bond donors (Lipinski definition) is 0. The van der Waals surface area contributed by atoms with Gasteiger partial charge in [-0.15, -0.1) is 45.3 Å². The molecule has 0 aliphatic heterocycles. The Labute approximate surface area is 381 Å². The summed E-state index contributed by atoms with van der Waals surface area (Å²) < 4.78 is 11.9. The van der Waals surface area contributed by atoms with E-state index < -0.39 is 0 Å². The molecule has 8 aromatic rings. The van der Waals surface area contributed by atoms with Crippen molar-refractivity contribution in [3.63, 3.8) is 0 Å². The van der Waals surface area contributed by atoms with E-state index in [9.17, 15) is 9.59 Å². The van der Waals surface area contributed by atoms with Crippen molar-refractivity contribution in [2.45, 2.75) is 64.2 Å². The third-order valence-electron chi connectivity index (χ3n) is 10.7. The van der Waals surface area contributed by atoms with E-state index in [0.717, 1.165) is 50.0 Å². The number of benzene rings is 4. The van der Waals surface area contributed by atoms with Crippen LogP contribution in [0, 0.1) is 0 Å². The highest BCUT2D eigenvalue weighted by Gasteiger charge is 2.13. The molecule has 62 heavy (non-hydrogen) atoms. The predicted molar refractivity (Wildman–Crippen MR) is 262 cm³/mol. The molecule has 314 valence electrons. The van der Waals surface area contributed by atoms with Crippen LogP contribution in [0.4, 0.5) is 0 Å². The van der Waals surface area contributed by atoms with Crippen LogP contribution < -0.4 is 9.47 Å². The van der Waals surface area contributed by atoms with Gasteiger partial charge in [-0.25, -0.2) is 0 Å². The standard InChI is InChI=1S/C54H50O4S4/c55-53(39-15-7-5-8-16-39)41-21-25-43(26-22-41)57-37-13-3-1-11-19-45-29-31-47(59-45)49-33-35-51(61-49)52-36-34-50(62-52)48-32-30-46(60-48)20-12-2-4-14-38-58-44-27-23-42(24-28-44)54(56)40-17-9-6-10-18-40/h5-10,15-18,21-36H,1-4,11-14,19-20,37-38H2. The maximum atomic E-state index is 12.6. The zero-order valence-electron chi connectivity index (χ0n) is 34.8. The number of aryl methyl sites for hydroxylation is 2. The molecule has 4 nitrogen and oxygen atoms in total. The molecule has 0 aliphatic rings. The Hall–Kier alpha value is -5.38. The van der Waals surface area contributed by atoms with Gasteiger partial charge in [0.1, 0.15) is 11.5 Å². The SMILES string of the molecule is O=C(c1ccccc1)c1ccc(OCCCCCCc2ccc(-c3ccc(-c4ccc(-c5ccc(CCCCCCOc6ccc(C(=O)c7ccccc7)cc6)s5)s4)s3)s2)cc1.